The molecule has 2 aliphatic rings. The van der Waals surface area contributed by atoms with E-state index in [2.05, 4.69) is 6.07 Å². The SMILES string of the molecule is CC1(C)C(/C=C(\C#N)C2CCCCC2)C1C(=O)O. The molecular formula is C15H21NO2. The summed E-state index contributed by atoms with van der Waals surface area (Å²) >= 11 is 0. The average Bonchev–Trinajstić information content (AvgIpc) is 2.89. The van der Waals surface area contributed by atoms with E-state index in [1.165, 1.54) is 19.3 Å². The first-order valence-electron chi connectivity index (χ1n) is 6.83. The molecule has 0 saturated heterocycles. The first-order valence-corrected chi connectivity index (χ1v) is 6.83. The van der Waals surface area contributed by atoms with Crippen molar-refractivity contribution in [1.82, 2.24) is 0 Å². The highest BCUT2D eigenvalue weighted by atomic mass is 16.4. The molecule has 2 aliphatic carbocycles. The maximum atomic E-state index is 11.1. The lowest BCUT2D eigenvalue weighted by molar-refractivity contribution is -0.139. The highest BCUT2D eigenvalue weighted by Gasteiger charge is 2.61. The number of aliphatic carboxylic acids is 1. The van der Waals surface area contributed by atoms with Gasteiger partial charge in [0.25, 0.3) is 0 Å². The van der Waals surface area contributed by atoms with E-state index >= 15 is 0 Å². The van der Waals surface area contributed by atoms with E-state index in [0.29, 0.717) is 5.92 Å². The molecule has 2 rings (SSSR count). The van der Waals surface area contributed by atoms with Gasteiger partial charge in [-0.3, -0.25) is 4.79 Å². The Labute approximate surface area is 108 Å². The molecule has 3 nitrogen and oxygen atoms in total. The van der Waals surface area contributed by atoms with Gasteiger partial charge < -0.3 is 5.11 Å². The van der Waals surface area contributed by atoms with Gasteiger partial charge in [0.2, 0.25) is 0 Å². The van der Waals surface area contributed by atoms with Crippen LogP contribution in [0.3, 0.4) is 0 Å². The second-order valence-corrected chi connectivity index (χ2v) is 6.23. The predicted octanol–water partition coefficient (Wildman–Crippen LogP) is 3.37. The highest BCUT2D eigenvalue weighted by molar-refractivity contribution is 5.76. The van der Waals surface area contributed by atoms with Crippen molar-refractivity contribution < 1.29 is 9.90 Å². The molecule has 0 aromatic rings. The van der Waals surface area contributed by atoms with Crippen molar-refractivity contribution in [3.05, 3.63) is 11.6 Å². The molecule has 0 aromatic carbocycles. The van der Waals surface area contributed by atoms with Crippen molar-refractivity contribution in [3.8, 4) is 6.07 Å². The van der Waals surface area contributed by atoms with Crippen LogP contribution in [0.2, 0.25) is 0 Å². The van der Waals surface area contributed by atoms with Gasteiger partial charge in [-0.05, 0) is 30.1 Å². The van der Waals surface area contributed by atoms with Gasteiger partial charge in [-0.25, -0.2) is 0 Å². The second kappa shape index (κ2) is 4.76. The van der Waals surface area contributed by atoms with Crippen LogP contribution in [-0.2, 0) is 4.79 Å². The summed E-state index contributed by atoms with van der Waals surface area (Å²) in [5.74, 6) is -0.646. The molecular weight excluding hydrogens is 226 g/mol. The monoisotopic (exact) mass is 247 g/mol. The molecule has 2 unspecified atom stereocenters. The number of rotatable bonds is 3. The summed E-state index contributed by atoms with van der Waals surface area (Å²) in [4.78, 5) is 11.1. The summed E-state index contributed by atoms with van der Waals surface area (Å²) in [5, 5.41) is 18.4. The van der Waals surface area contributed by atoms with E-state index in [-0.39, 0.29) is 17.3 Å². The molecule has 0 spiro atoms. The van der Waals surface area contributed by atoms with Crippen LogP contribution in [0.15, 0.2) is 11.6 Å². The van der Waals surface area contributed by atoms with Gasteiger partial charge in [-0.15, -0.1) is 0 Å². The van der Waals surface area contributed by atoms with Crippen LogP contribution in [0.1, 0.15) is 46.0 Å². The molecule has 2 fully saturated rings. The molecule has 18 heavy (non-hydrogen) atoms. The van der Waals surface area contributed by atoms with E-state index in [9.17, 15) is 10.1 Å². The molecule has 0 aliphatic heterocycles. The zero-order valence-electron chi connectivity index (χ0n) is 11.1. The van der Waals surface area contributed by atoms with Crippen LogP contribution >= 0.6 is 0 Å². The van der Waals surface area contributed by atoms with Gasteiger partial charge in [-0.2, -0.15) is 5.26 Å². The first-order chi connectivity index (χ1) is 8.48. The van der Waals surface area contributed by atoms with E-state index in [1.54, 1.807) is 0 Å². The Morgan fingerprint density at radius 1 is 1.33 bits per heavy atom. The summed E-state index contributed by atoms with van der Waals surface area (Å²) in [6.07, 6.45) is 7.78. The summed E-state index contributed by atoms with van der Waals surface area (Å²) < 4.78 is 0. The quantitative estimate of drug-likeness (QED) is 0.778. The van der Waals surface area contributed by atoms with E-state index in [1.807, 2.05) is 19.9 Å². The van der Waals surface area contributed by atoms with Crippen LogP contribution < -0.4 is 0 Å². The Kier molecular flexibility index (Phi) is 3.47. The van der Waals surface area contributed by atoms with Gasteiger partial charge in [0.1, 0.15) is 0 Å². The number of hydrogen-bond acceptors (Lipinski definition) is 2. The lowest BCUT2D eigenvalue weighted by atomic mass is 9.83. The maximum absolute atomic E-state index is 11.1. The Morgan fingerprint density at radius 3 is 2.39 bits per heavy atom. The normalized spacial score (nSPS) is 31.7. The predicted molar refractivity (Wildman–Crippen MR) is 68.7 cm³/mol. The topological polar surface area (TPSA) is 61.1 Å². The number of allylic oxidation sites excluding steroid dienone is 2. The lowest BCUT2D eigenvalue weighted by Crippen LogP contribution is -2.09. The number of nitrogens with zero attached hydrogens (tertiary/aromatic N) is 1. The van der Waals surface area contributed by atoms with Crippen LogP contribution in [0.4, 0.5) is 0 Å². The first kappa shape index (κ1) is 13.1. The largest absolute Gasteiger partial charge is 0.481 e. The molecule has 0 radical (unpaired) electrons. The summed E-state index contributed by atoms with van der Waals surface area (Å²) in [6.45, 7) is 3.95. The minimum absolute atomic E-state index is 0.0339. The standard InChI is InChI=1S/C15H21NO2/c1-15(2)12(13(15)14(17)18)8-11(9-16)10-6-4-3-5-7-10/h8,10,12-13H,3-7H2,1-2H3,(H,17,18)/b11-8+. The van der Waals surface area contributed by atoms with Gasteiger partial charge in [0, 0.05) is 5.57 Å². The second-order valence-electron chi connectivity index (χ2n) is 6.23. The summed E-state index contributed by atoms with van der Waals surface area (Å²) in [7, 11) is 0. The highest BCUT2D eigenvalue weighted by Crippen LogP contribution is 2.59. The van der Waals surface area contributed by atoms with Crippen LogP contribution in [0.5, 0.6) is 0 Å². The van der Waals surface area contributed by atoms with Crippen molar-refractivity contribution >= 4 is 5.97 Å². The van der Waals surface area contributed by atoms with E-state index < -0.39 is 5.97 Å². The zero-order chi connectivity index (χ0) is 13.3. The van der Waals surface area contributed by atoms with Crippen molar-refractivity contribution in [2.45, 2.75) is 46.0 Å². The third-order valence-corrected chi connectivity index (χ3v) is 4.71. The molecule has 0 amide bonds. The smallest absolute Gasteiger partial charge is 0.307 e. The Hall–Kier alpha value is -1.30. The fraction of sp³-hybridized carbons (Fsp3) is 0.733. The average molecular weight is 247 g/mol. The maximum Gasteiger partial charge on any atom is 0.307 e. The molecule has 98 valence electrons. The van der Waals surface area contributed by atoms with Crippen molar-refractivity contribution in [2.75, 3.05) is 0 Å². The van der Waals surface area contributed by atoms with Crippen molar-refractivity contribution in [2.24, 2.45) is 23.2 Å². The molecule has 2 atom stereocenters. The molecule has 2 saturated carbocycles. The minimum Gasteiger partial charge on any atom is -0.481 e. The summed E-state index contributed by atoms with van der Waals surface area (Å²) in [5.41, 5.74) is 0.638. The Morgan fingerprint density at radius 2 is 1.94 bits per heavy atom. The zero-order valence-corrected chi connectivity index (χ0v) is 11.1. The van der Waals surface area contributed by atoms with Crippen LogP contribution in [-0.4, -0.2) is 11.1 Å². The number of carboxylic acids is 1. The summed E-state index contributed by atoms with van der Waals surface area (Å²) in [6, 6.07) is 2.31. The lowest BCUT2D eigenvalue weighted by Gasteiger charge is -2.20. The fourth-order valence-electron chi connectivity index (χ4n) is 3.33. The van der Waals surface area contributed by atoms with Gasteiger partial charge in [-0.1, -0.05) is 39.2 Å². The molecule has 0 heterocycles. The minimum atomic E-state index is -0.734. The third kappa shape index (κ3) is 2.29. The van der Waals surface area contributed by atoms with E-state index in [0.717, 1.165) is 18.4 Å². The number of hydrogen-bond donors (Lipinski definition) is 1. The fourth-order valence-corrected chi connectivity index (χ4v) is 3.33. The molecule has 1 N–H and O–H groups in total. The van der Waals surface area contributed by atoms with Crippen molar-refractivity contribution in [1.29, 1.82) is 5.26 Å². The van der Waals surface area contributed by atoms with Gasteiger partial charge >= 0.3 is 5.97 Å². The number of nitriles is 1. The molecule has 0 bridgehead atoms. The van der Waals surface area contributed by atoms with Crippen LogP contribution in [0.25, 0.3) is 0 Å². The third-order valence-electron chi connectivity index (χ3n) is 4.71. The van der Waals surface area contributed by atoms with Gasteiger partial charge in [0.15, 0.2) is 0 Å². The number of carboxylic acid groups (broad SMARTS) is 1. The Bertz CT molecular complexity index is 411. The number of carbonyl (C=O) groups is 1. The van der Waals surface area contributed by atoms with E-state index in [4.69, 9.17) is 5.11 Å². The van der Waals surface area contributed by atoms with Crippen molar-refractivity contribution in [3.63, 3.8) is 0 Å². The Balaban J connectivity index is 2.12. The molecule has 0 aromatic heterocycles. The molecule has 3 heteroatoms. The van der Waals surface area contributed by atoms with Crippen LogP contribution in [0, 0.1) is 34.5 Å². The van der Waals surface area contributed by atoms with Gasteiger partial charge in [0.05, 0.1) is 12.0 Å².